The van der Waals surface area contributed by atoms with Crippen molar-refractivity contribution in [1.29, 1.82) is 0 Å². The molecule has 0 radical (unpaired) electrons. The van der Waals surface area contributed by atoms with E-state index in [2.05, 4.69) is 5.32 Å². The molecule has 0 saturated heterocycles. The molecular formula is C11H20F3NOS. The summed E-state index contributed by atoms with van der Waals surface area (Å²) in [4.78, 5) is 0. The van der Waals surface area contributed by atoms with Crippen LogP contribution in [0.3, 0.4) is 0 Å². The number of rotatable bonds is 5. The van der Waals surface area contributed by atoms with E-state index in [1.54, 1.807) is 6.26 Å². The summed E-state index contributed by atoms with van der Waals surface area (Å²) in [6, 6.07) is -0.450. The summed E-state index contributed by atoms with van der Waals surface area (Å²) in [5.74, 6) is -0.653. The van der Waals surface area contributed by atoms with Gasteiger partial charge in [-0.2, -0.15) is 13.2 Å². The predicted octanol–water partition coefficient (Wildman–Crippen LogP) is 2.47. The third kappa shape index (κ3) is 5.38. The maximum atomic E-state index is 12.7. The van der Waals surface area contributed by atoms with Crippen LogP contribution in [0.1, 0.15) is 32.1 Å². The Kier molecular flexibility index (Phi) is 5.92. The summed E-state index contributed by atoms with van der Waals surface area (Å²) >= 11 is 0. The maximum absolute atomic E-state index is 12.7. The summed E-state index contributed by atoms with van der Waals surface area (Å²) in [5.41, 5.74) is 0. The number of alkyl halides is 3. The van der Waals surface area contributed by atoms with Crippen LogP contribution < -0.4 is 5.32 Å². The lowest BCUT2D eigenvalue weighted by molar-refractivity contribution is -0.188. The number of nitrogens with one attached hydrogen (secondary N) is 1. The molecule has 1 aliphatic carbocycles. The lowest BCUT2D eigenvalue weighted by Gasteiger charge is -2.33. The summed E-state index contributed by atoms with van der Waals surface area (Å²) in [7, 11) is -0.860. The van der Waals surface area contributed by atoms with E-state index in [4.69, 9.17) is 0 Å². The quantitative estimate of drug-likeness (QED) is 0.778. The first-order valence-electron chi connectivity index (χ1n) is 6.01. The van der Waals surface area contributed by atoms with Gasteiger partial charge >= 0.3 is 6.18 Å². The van der Waals surface area contributed by atoms with Gasteiger partial charge in [-0.3, -0.25) is 4.21 Å². The lowest BCUT2D eigenvalue weighted by atomic mass is 9.84. The van der Waals surface area contributed by atoms with E-state index in [1.807, 2.05) is 0 Å². The van der Waals surface area contributed by atoms with Gasteiger partial charge in [-0.25, -0.2) is 0 Å². The van der Waals surface area contributed by atoms with E-state index < -0.39 is 28.9 Å². The van der Waals surface area contributed by atoms with Gasteiger partial charge in [-0.15, -0.1) is 0 Å². The Balaban J connectivity index is 2.35. The van der Waals surface area contributed by atoms with Gasteiger partial charge in [0.15, 0.2) is 0 Å². The molecule has 1 saturated carbocycles. The first-order chi connectivity index (χ1) is 7.91. The van der Waals surface area contributed by atoms with Crippen LogP contribution in [-0.4, -0.2) is 35.0 Å². The zero-order valence-corrected chi connectivity index (χ0v) is 10.9. The van der Waals surface area contributed by atoms with Gasteiger partial charge in [0.2, 0.25) is 0 Å². The second kappa shape index (κ2) is 6.73. The van der Waals surface area contributed by atoms with E-state index in [0.717, 1.165) is 6.42 Å². The summed E-state index contributed by atoms with van der Waals surface area (Å²) < 4.78 is 49.0. The van der Waals surface area contributed by atoms with E-state index in [-0.39, 0.29) is 6.42 Å². The van der Waals surface area contributed by atoms with Crippen molar-refractivity contribution in [2.45, 2.75) is 44.3 Å². The van der Waals surface area contributed by atoms with Crippen molar-refractivity contribution in [3.63, 3.8) is 0 Å². The standard InChI is InChI=1S/C11H20F3NOS/c1-17(16)8-4-7-15-10-6-3-2-5-9(10)11(12,13)14/h9-10,15H,2-8H2,1H3. The second-order valence-electron chi connectivity index (χ2n) is 4.62. The third-order valence-electron chi connectivity index (χ3n) is 3.20. The van der Waals surface area contributed by atoms with Crippen molar-refractivity contribution in [1.82, 2.24) is 5.32 Å². The zero-order valence-electron chi connectivity index (χ0n) is 10.1. The third-order valence-corrected chi connectivity index (χ3v) is 4.07. The molecule has 1 N–H and O–H groups in total. The molecule has 0 amide bonds. The van der Waals surface area contributed by atoms with Crippen LogP contribution in [-0.2, 0) is 10.8 Å². The molecule has 0 heterocycles. The Morgan fingerprint density at radius 2 is 1.94 bits per heavy atom. The van der Waals surface area contributed by atoms with E-state index in [1.165, 1.54) is 0 Å². The molecule has 102 valence electrons. The highest BCUT2D eigenvalue weighted by Gasteiger charge is 2.45. The highest BCUT2D eigenvalue weighted by molar-refractivity contribution is 7.84. The highest BCUT2D eigenvalue weighted by Crippen LogP contribution is 2.37. The van der Waals surface area contributed by atoms with E-state index in [0.29, 0.717) is 31.6 Å². The Morgan fingerprint density at radius 1 is 1.29 bits per heavy atom. The van der Waals surface area contributed by atoms with Gasteiger partial charge in [0.05, 0.1) is 5.92 Å². The first-order valence-corrected chi connectivity index (χ1v) is 7.74. The average Bonchev–Trinajstić information content (AvgIpc) is 2.23. The van der Waals surface area contributed by atoms with Gasteiger partial charge in [0, 0.05) is 28.9 Å². The van der Waals surface area contributed by atoms with Crippen LogP contribution in [0.2, 0.25) is 0 Å². The lowest BCUT2D eigenvalue weighted by Crippen LogP contribution is -2.45. The fraction of sp³-hybridized carbons (Fsp3) is 1.00. The number of halogens is 3. The maximum Gasteiger partial charge on any atom is 0.393 e. The molecule has 0 aromatic carbocycles. The van der Waals surface area contributed by atoms with Crippen molar-refractivity contribution in [3.8, 4) is 0 Å². The first kappa shape index (κ1) is 15.0. The predicted molar refractivity (Wildman–Crippen MR) is 63.4 cm³/mol. The molecule has 6 heteroatoms. The summed E-state index contributed by atoms with van der Waals surface area (Å²) in [6.07, 6.45) is 0.556. The molecule has 1 rings (SSSR count). The Hall–Kier alpha value is -0.100. The smallest absolute Gasteiger partial charge is 0.313 e. The minimum atomic E-state index is -4.09. The van der Waals surface area contributed by atoms with Crippen LogP contribution in [0.4, 0.5) is 13.2 Å². The Bertz CT molecular complexity index is 258. The molecule has 0 aliphatic heterocycles. The summed E-state index contributed by atoms with van der Waals surface area (Å²) in [6.45, 7) is 0.525. The van der Waals surface area contributed by atoms with Gasteiger partial charge in [0.25, 0.3) is 0 Å². The van der Waals surface area contributed by atoms with Crippen molar-refractivity contribution < 1.29 is 17.4 Å². The van der Waals surface area contributed by atoms with E-state index in [9.17, 15) is 17.4 Å². The molecule has 0 aromatic heterocycles. The second-order valence-corrected chi connectivity index (χ2v) is 6.18. The van der Waals surface area contributed by atoms with Crippen LogP contribution in [0.5, 0.6) is 0 Å². The SMILES string of the molecule is CS(=O)CCCNC1CCCCC1C(F)(F)F. The minimum Gasteiger partial charge on any atom is -0.313 e. The minimum absolute atomic E-state index is 0.237. The fourth-order valence-electron chi connectivity index (χ4n) is 2.33. The van der Waals surface area contributed by atoms with Crippen LogP contribution in [0.15, 0.2) is 0 Å². The van der Waals surface area contributed by atoms with Gasteiger partial charge in [-0.05, 0) is 25.8 Å². The van der Waals surface area contributed by atoms with Crippen molar-refractivity contribution in [2.24, 2.45) is 5.92 Å². The topological polar surface area (TPSA) is 29.1 Å². The number of hydrogen-bond donors (Lipinski definition) is 1. The molecule has 3 unspecified atom stereocenters. The molecule has 1 fully saturated rings. The number of hydrogen-bond acceptors (Lipinski definition) is 2. The normalized spacial score (nSPS) is 28.0. The van der Waals surface area contributed by atoms with Gasteiger partial charge in [-0.1, -0.05) is 12.8 Å². The van der Waals surface area contributed by atoms with Gasteiger partial charge in [0.1, 0.15) is 0 Å². The van der Waals surface area contributed by atoms with Crippen molar-refractivity contribution in [3.05, 3.63) is 0 Å². The molecular weight excluding hydrogens is 251 g/mol. The molecule has 0 spiro atoms. The highest BCUT2D eigenvalue weighted by atomic mass is 32.2. The van der Waals surface area contributed by atoms with Crippen molar-refractivity contribution in [2.75, 3.05) is 18.6 Å². The van der Waals surface area contributed by atoms with Crippen LogP contribution >= 0.6 is 0 Å². The molecule has 0 aromatic rings. The monoisotopic (exact) mass is 271 g/mol. The Morgan fingerprint density at radius 3 is 2.53 bits per heavy atom. The Labute approximate surface area is 103 Å². The molecule has 1 aliphatic rings. The van der Waals surface area contributed by atoms with Crippen molar-refractivity contribution >= 4 is 10.8 Å². The molecule has 3 atom stereocenters. The van der Waals surface area contributed by atoms with Gasteiger partial charge < -0.3 is 5.32 Å². The van der Waals surface area contributed by atoms with Crippen LogP contribution in [0.25, 0.3) is 0 Å². The largest absolute Gasteiger partial charge is 0.393 e. The molecule has 0 bridgehead atoms. The van der Waals surface area contributed by atoms with Crippen LogP contribution in [0, 0.1) is 5.92 Å². The molecule has 17 heavy (non-hydrogen) atoms. The zero-order chi connectivity index (χ0) is 12.9. The molecule has 2 nitrogen and oxygen atoms in total. The van der Waals surface area contributed by atoms with E-state index >= 15 is 0 Å². The summed E-state index contributed by atoms with van der Waals surface area (Å²) in [5, 5.41) is 2.98. The average molecular weight is 271 g/mol. The fourth-order valence-corrected chi connectivity index (χ4v) is 2.88.